The van der Waals surface area contributed by atoms with Crippen molar-refractivity contribution >= 4 is 30.7 Å². The van der Waals surface area contributed by atoms with E-state index in [0.717, 1.165) is 32.6 Å². The molecule has 0 aromatic heterocycles. The van der Waals surface area contributed by atoms with Gasteiger partial charge in [-0.05, 0) is 18.9 Å². The predicted octanol–water partition coefficient (Wildman–Crippen LogP) is 1.25. The molecule has 1 N–H and O–H groups in total. The predicted molar refractivity (Wildman–Crippen MR) is 91.7 cm³/mol. The second kappa shape index (κ2) is 12.5. The van der Waals surface area contributed by atoms with Crippen molar-refractivity contribution in [3.05, 3.63) is 0 Å². The smallest absolute Gasteiger partial charge is 0.236 e. The van der Waals surface area contributed by atoms with Crippen molar-refractivity contribution in [3.63, 3.8) is 0 Å². The number of likely N-dealkylation sites (N-methyl/N-ethyl adjacent to an activating group) is 1. The van der Waals surface area contributed by atoms with Gasteiger partial charge in [-0.2, -0.15) is 0 Å². The lowest BCUT2D eigenvalue weighted by atomic mass is 9.92. The average Bonchev–Trinajstić information content (AvgIpc) is 2.42. The fourth-order valence-corrected chi connectivity index (χ4v) is 2.76. The van der Waals surface area contributed by atoms with Crippen LogP contribution >= 0.6 is 24.8 Å². The van der Waals surface area contributed by atoms with Crippen molar-refractivity contribution in [1.82, 2.24) is 15.1 Å². The lowest BCUT2D eigenvalue weighted by Gasteiger charge is -2.41. The zero-order valence-electron chi connectivity index (χ0n) is 13.6. The van der Waals surface area contributed by atoms with E-state index in [1.54, 1.807) is 7.11 Å². The molecule has 0 aliphatic carbocycles. The molecule has 0 aromatic rings. The number of piperidine rings is 1. The molecule has 1 aliphatic heterocycles. The molecule has 1 fully saturated rings. The molecule has 2 atom stereocenters. The normalized spacial score (nSPS) is 22.1. The largest absolute Gasteiger partial charge is 0.383 e. The van der Waals surface area contributed by atoms with Crippen LogP contribution in [0.5, 0.6) is 0 Å². The highest BCUT2D eigenvalue weighted by molar-refractivity contribution is 5.85. The highest BCUT2D eigenvalue weighted by atomic mass is 35.5. The van der Waals surface area contributed by atoms with Crippen molar-refractivity contribution in [2.45, 2.75) is 26.3 Å². The number of nitrogens with one attached hydrogen (secondary N) is 1. The van der Waals surface area contributed by atoms with Gasteiger partial charge in [0.25, 0.3) is 0 Å². The molecule has 0 bridgehead atoms. The summed E-state index contributed by atoms with van der Waals surface area (Å²) in [6, 6.07) is 0.375. The van der Waals surface area contributed by atoms with Gasteiger partial charge in [0, 0.05) is 39.8 Å². The molecule has 1 saturated heterocycles. The van der Waals surface area contributed by atoms with Gasteiger partial charge in [0.05, 0.1) is 13.2 Å². The number of nitrogens with zero attached hydrogens (tertiary/aromatic N) is 2. The van der Waals surface area contributed by atoms with Crippen molar-refractivity contribution < 1.29 is 9.53 Å². The van der Waals surface area contributed by atoms with Gasteiger partial charge in [0.15, 0.2) is 0 Å². The fourth-order valence-electron chi connectivity index (χ4n) is 2.76. The minimum Gasteiger partial charge on any atom is -0.383 e. The van der Waals surface area contributed by atoms with E-state index in [1.807, 2.05) is 11.9 Å². The number of amides is 1. The van der Waals surface area contributed by atoms with Gasteiger partial charge >= 0.3 is 0 Å². The van der Waals surface area contributed by atoms with Crippen molar-refractivity contribution in [1.29, 1.82) is 0 Å². The van der Waals surface area contributed by atoms with Gasteiger partial charge < -0.3 is 19.9 Å². The average molecular weight is 344 g/mol. The molecule has 128 valence electrons. The second-order valence-corrected chi connectivity index (χ2v) is 5.40. The summed E-state index contributed by atoms with van der Waals surface area (Å²) in [5.41, 5.74) is 0. The van der Waals surface area contributed by atoms with Crippen LogP contribution < -0.4 is 5.32 Å². The monoisotopic (exact) mass is 343 g/mol. The van der Waals surface area contributed by atoms with Gasteiger partial charge in [-0.1, -0.05) is 13.8 Å². The molecule has 21 heavy (non-hydrogen) atoms. The molecule has 0 aromatic carbocycles. The quantitative estimate of drug-likeness (QED) is 0.706. The summed E-state index contributed by atoms with van der Waals surface area (Å²) in [4.78, 5) is 16.5. The maximum Gasteiger partial charge on any atom is 0.236 e. The summed E-state index contributed by atoms with van der Waals surface area (Å²) in [5, 5.41) is 3.11. The topological polar surface area (TPSA) is 44.8 Å². The molecule has 0 radical (unpaired) electrons. The minimum absolute atomic E-state index is 0. The summed E-state index contributed by atoms with van der Waals surface area (Å²) < 4.78 is 4.95. The van der Waals surface area contributed by atoms with Crippen LogP contribution in [0.15, 0.2) is 0 Å². The fraction of sp³-hybridized carbons (Fsp3) is 0.929. The molecular weight excluding hydrogens is 313 g/mol. The van der Waals surface area contributed by atoms with Crippen LogP contribution in [0.25, 0.3) is 0 Å². The van der Waals surface area contributed by atoms with Gasteiger partial charge in [0.2, 0.25) is 5.91 Å². The Hall–Kier alpha value is -0.0700. The van der Waals surface area contributed by atoms with E-state index in [0.29, 0.717) is 25.1 Å². The van der Waals surface area contributed by atoms with Crippen molar-refractivity contribution in [3.8, 4) is 0 Å². The van der Waals surface area contributed by atoms with Gasteiger partial charge in [-0.3, -0.25) is 4.79 Å². The van der Waals surface area contributed by atoms with E-state index in [4.69, 9.17) is 4.74 Å². The molecule has 0 spiro atoms. The van der Waals surface area contributed by atoms with E-state index in [-0.39, 0.29) is 30.7 Å². The SMILES string of the molecule is CCN1CCC(N(C)C(=O)CNCCOC)C(C)C1.Cl.Cl. The standard InChI is InChI=1S/C14H29N3O2.2ClH/c1-5-17-8-6-13(12(2)11-17)16(3)14(18)10-15-7-9-19-4;;/h12-13,15H,5-11H2,1-4H3;2*1H. The zero-order chi connectivity index (χ0) is 14.3. The van der Waals surface area contributed by atoms with E-state index in [1.165, 1.54) is 0 Å². The number of hydrogen-bond acceptors (Lipinski definition) is 4. The molecule has 1 aliphatic rings. The first kappa shape index (κ1) is 23.2. The summed E-state index contributed by atoms with van der Waals surface area (Å²) >= 11 is 0. The number of carbonyl (C=O) groups is 1. The highest BCUT2D eigenvalue weighted by Gasteiger charge is 2.30. The molecule has 0 saturated carbocycles. The van der Waals surface area contributed by atoms with Gasteiger partial charge in [-0.15, -0.1) is 24.8 Å². The Labute approximate surface area is 141 Å². The number of methoxy groups -OCH3 is 1. The molecule has 7 heteroatoms. The van der Waals surface area contributed by atoms with Crippen LogP contribution in [-0.4, -0.2) is 75.2 Å². The third-order valence-electron chi connectivity index (χ3n) is 4.04. The third kappa shape index (κ3) is 7.66. The Kier molecular flexibility index (Phi) is 13.8. The summed E-state index contributed by atoms with van der Waals surface area (Å²) in [7, 11) is 3.60. The molecule has 1 rings (SSSR count). The van der Waals surface area contributed by atoms with E-state index in [9.17, 15) is 4.79 Å². The molecule has 2 unspecified atom stereocenters. The Morgan fingerprint density at radius 2 is 2.10 bits per heavy atom. The maximum absolute atomic E-state index is 12.1. The lowest BCUT2D eigenvalue weighted by Crippen LogP contribution is -2.52. The van der Waals surface area contributed by atoms with Crippen LogP contribution in [0.1, 0.15) is 20.3 Å². The number of ether oxygens (including phenoxy) is 1. The molecular formula is C14H31Cl2N3O2. The lowest BCUT2D eigenvalue weighted by molar-refractivity contribution is -0.133. The van der Waals surface area contributed by atoms with E-state index in [2.05, 4.69) is 24.1 Å². The number of rotatable bonds is 7. The Morgan fingerprint density at radius 3 is 2.62 bits per heavy atom. The van der Waals surface area contributed by atoms with E-state index < -0.39 is 0 Å². The molecule has 5 nitrogen and oxygen atoms in total. The zero-order valence-corrected chi connectivity index (χ0v) is 15.3. The van der Waals surface area contributed by atoms with Gasteiger partial charge in [0.1, 0.15) is 0 Å². The maximum atomic E-state index is 12.1. The Morgan fingerprint density at radius 1 is 1.43 bits per heavy atom. The van der Waals surface area contributed by atoms with Crippen LogP contribution in [0, 0.1) is 5.92 Å². The number of likely N-dealkylation sites (tertiary alicyclic amines) is 1. The summed E-state index contributed by atoms with van der Waals surface area (Å²) in [6.45, 7) is 9.50. The number of halogens is 2. The van der Waals surface area contributed by atoms with Gasteiger partial charge in [-0.25, -0.2) is 0 Å². The van der Waals surface area contributed by atoms with Crippen LogP contribution in [0.4, 0.5) is 0 Å². The van der Waals surface area contributed by atoms with Crippen LogP contribution in [0.3, 0.4) is 0 Å². The number of carbonyl (C=O) groups excluding carboxylic acids is 1. The Bertz CT molecular complexity index is 283. The Balaban J connectivity index is 0. The molecule has 1 heterocycles. The van der Waals surface area contributed by atoms with Crippen LogP contribution in [0.2, 0.25) is 0 Å². The second-order valence-electron chi connectivity index (χ2n) is 5.40. The summed E-state index contributed by atoms with van der Waals surface area (Å²) in [6.07, 6.45) is 1.08. The first-order valence-electron chi connectivity index (χ1n) is 7.27. The molecule has 1 amide bonds. The van der Waals surface area contributed by atoms with E-state index >= 15 is 0 Å². The van der Waals surface area contributed by atoms with Crippen molar-refractivity contribution in [2.75, 3.05) is 53.5 Å². The highest BCUT2D eigenvalue weighted by Crippen LogP contribution is 2.20. The first-order valence-corrected chi connectivity index (χ1v) is 7.27. The number of hydrogen-bond donors (Lipinski definition) is 1. The summed E-state index contributed by atoms with van der Waals surface area (Å²) in [5.74, 6) is 0.722. The first-order chi connectivity index (χ1) is 9.10. The van der Waals surface area contributed by atoms with Crippen molar-refractivity contribution in [2.24, 2.45) is 5.92 Å². The minimum atomic E-state index is 0. The van der Waals surface area contributed by atoms with Crippen LogP contribution in [-0.2, 0) is 9.53 Å². The third-order valence-corrected chi connectivity index (χ3v) is 4.04.